The summed E-state index contributed by atoms with van der Waals surface area (Å²) in [6.07, 6.45) is -6.15. The van der Waals surface area contributed by atoms with Crippen LogP contribution in [0.15, 0.2) is 46.9 Å². The van der Waals surface area contributed by atoms with Crippen molar-refractivity contribution in [3.63, 3.8) is 0 Å². The molecule has 6 nitrogen and oxygen atoms in total. The van der Waals surface area contributed by atoms with E-state index in [1.54, 1.807) is 20.8 Å². The number of carbonyl (C=O) groups is 2. The molecule has 0 atom stereocenters. The summed E-state index contributed by atoms with van der Waals surface area (Å²) in [4.78, 5) is 26.0. The molecule has 0 unspecified atom stereocenters. The fourth-order valence-electron chi connectivity index (χ4n) is 4.16. The average molecular weight is 539 g/mol. The maximum Gasteiger partial charge on any atom is 0.416 e. The summed E-state index contributed by atoms with van der Waals surface area (Å²) in [6, 6.07) is 9.21. The van der Waals surface area contributed by atoms with Gasteiger partial charge >= 0.3 is 12.3 Å². The van der Waals surface area contributed by atoms with Crippen LogP contribution in [-0.4, -0.2) is 41.5 Å². The predicted octanol–water partition coefficient (Wildman–Crippen LogP) is 7.01. The molecule has 2 heterocycles. The van der Waals surface area contributed by atoms with Crippen LogP contribution in [0.2, 0.25) is 0 Å². The number of nitrogens with zero attached hydrogens (tertiary/aromatic N) is 1. The van der Waals surface area contributed by atoms with Crippen molar-refractivity contribution in [1.82, 2.24) is 10.2 Å². The average Bonchev–Trinajstić information content (AvgIpc) is 3.23. The molecule has 204 valence electrons. The zero-order chi connectivity index (χ0) is 27.9. The van der Waals surface area contributed by atoms with Gasteiger partial charge in [-0.2, -0.15) is 13.2 Å². The van der Waals surface area contributed by atoms with Crippen LogP contribution in [0.5, 0.6) is 0 Å². The number of carbonyl (C=O) groups excluding carboxylic acids is 2. The number of amides is 2. The van der Waals surface area contributed by atoms with Crippen LogP contribution in [0.4, 0.5) is 26.7 Å². The first-order valence-electron chi connectivity index (χ1n) is 12.0. The van der Waals surface area contributed by atoms with Crippen LogP contribution in [0.25, 0.3) is 22.1 Å². The molecule has 3 aromatic rings. The molecule has 1 aliphatic heterocycles. The summed E-state index contributed by atoms with van der Waals surface area (Å²) in [5.41, 5.74) is -0.680. The van der Waals surface area contributed by atoms with Gasteiger partial charge < -0.3 is 19.4 Å². The zero-order valence-corrected chi connectivity index (χ0v) is 21.0. The Balaban J connectivity index is 1.61. The number of fused-ring (bicyclic) bond motifs is 1. The van der Waals surface area contributed by atoms with Crippen LogP contribution < -0.4 is 5.32 Å². The van der Waals surface area contributed by atoms with Gasteiger partial charge in [0.05, 0.1) is 12.1 Å². The van der Waals surface area contributed by atoms with Gasteiger partial charge in [0.2, 0.25) is 0 Å². The molecule has 38 heavy (non-hydrogen) atoms. The molecule has 1 aromatic heterocycles. The highest BCUT2D eigenvalue weighted by molar-refractivity contribution is 5.97. The van der Waals surface area contributed by atoms with Gasteiger partial charge in [0.1, 0.15) is 16.9 Å². The molecule has 11 heteroatoms. The van der Waals surface area contributed by atoms with Gasteiger partial charge in [-0.25, -0.2) is 13.6 Å². The third-order valence-corrected chi connectivity index (χ3v) is 6.03. The summed E-state index contributed by atoms with van der Waals surface area (Å²) in [5.74, 6) is -2.99. The van der Waals surface area contributed by atoms with Gasteiger partial charge in [0.15, 0.2) is 0 Å². The van der Waals surface area contributed by atoms with Crippen molar-refractivity contribution >= 4 is 23.0 Å². The van der Waals surface area contributed by atoms with Crippen molar-refractivity contribution in [2.45, 2.75) is 57.9 Å². The number of nitrogens with one attached hydrogen (secondary N) is 1. The highest BCUT2D eigenvalue weighted by Crippen LogP contribution is 2.39. The number of furan rings is 1. The Bertz CT molecular complexity index is 1330. The van der Waals surface area contributed by atoms with Crippen LogP contribution >= 0.6 is 0 Å². The summed E-state index contributed by atoms with van der Waals surface area (Å²) in [5, 5.41) is 2.70. The molecule has 2 amide bonds. The maximum absolute atomic E-state index is 13.7. The minimum atomic E-state index is -4.62. The smallest absolute Gasteiger partial charge is 0.416 e. The first kappa shape index (κ1) is 27.4. The van der Waals surface area contributed by atoms with Crippen molar-refractivity contribution in [3.05, 3.63) is 59.4 Å². The number of ether oxygens (including phenoxy) is 1. The van der Waals surface area contributed by atoms with Gasteiger partial charge in [-0.3, -0.25) is 4.79 Å². The van der Waals surface area contributed by atoms with Crippen molar-refractivity contribution < 1.29 is 40.7 Å². The van der Waals surface area contributed by atoms with Crippen LogP contribution in [0, 0.1) is 0 Å². The maximum atomic E-state index is 13.7. The van der Waals surface area contributed by atoms with E-state index in [1.807, 2.05) is 0 Å². The van der Waals surface area contributed by atoms with E-state index in [1.165, 1.54) is 35.2 Å². The molecule has 2 aromatic carbocycles. The van der Waals surface area contributed by atoms with E-state index in [9.17, 15) is 31.5 Å². The molecule has 0 aliphatic carbocycles. The normalized spacial score (nSPS) is 15.9. The van der Waals surface area contributed by atoms with E-state index >= 15 is 0 Å². The summed E-state index contributed by atoms with van der Waals surface area (Å²) in [7, 11) is 0. The number of hydrogen-bond acceptors (Lipinski definition) is 4. The van der Waals surface area contributed by atoms with Crippen molar-refractivity contribution in [3.8, 4) is 11.1 Å². The number of hydrogen-bond donors (Lipinski definition) is 1. The van der Waals surface area contributed by atoms with Crippen molar-refractivity contribution in [2.24, 2.45) is 0 Å². The van der Waals surface area contributed by atoms with Crippen LogP contribution in [0.3, 0.4) is 0 Å². The number of benzene rings is 2. The van der Waals surface area contributed by atoms with E-state index in [-0.39, 0.29) is 47.5 Å². The lowest BCUT2D eigenvalue weighted by atomic mass is 9.98. The molecule has 1 aliphatic rings. The first-order chi connectivity index (χ1) is 17.6. The van der Waals surface area contributed by atoms with Gasteiger partial charge in [0.25, 0.3) is 11.8 Å². The monoisotopic (exact) mass is 538 g/mol. The first-order valence-corrected chi connectivity index (χ1v) is 12.0. The zero-order valence-electron chi connectivity index (χ0n) is 21.0. The van der Waals surface area contributed by atoms with E-state index in [0.717, 1.165) is 12.1 Å². The Morgan fingerprint density at radius 1 is 1.03 bits per heavy atom. The molecular formula is C27H27F5N2O4. The highest BCUT2D eigenvalue weighted by Gasteiger charge is 2.36. The SMILES string of the molecule is CC(C)(C)OC(=O)NCc1cc2cc(C(F)(F)F)cc(-c3ccc(C(=O)N4CCC(F)(F)CC4)cc3)c2o1. The molecule has 1 N–H and O–H groups in total. The molecule has 4 rings (SSSR count). The topological polar surface area (TPSA) is 71.8 Å². The van der Waals surface area contributed by atoms with Crippen LogP contribution in [0.1, 0.15) is 55.3 Å². The number of piperidine rings is 1. The van der Waals surface area contributed by atoms with E-state index in [2.05, 4.69) is 5.32 Å². The standard InChI is InChI=1S/C27H27F5N2O4/c1-25(2,3)38-24(36)33-15-20-13-18-12-19(27(30,31)32)14-21(22(18)37-20)16-4-6-17(7-5-16)23(35)34-10-8-26(28,29)9-11-34/h4-7,12-14H,8-11,15H2,1-3H3,(H,33,36). The Morgan fingerprint density at radius 2 is 1.66 bits per heavy atom. The Morgan fingerprint density at radius 3 is 2.24 bits per heavy atom. The minimum absolute atomic E-state index is 0.0751. The van der Waals surface area contributed by atoms with E-state index in [4.69, 9.17) is 9.15 Å². The van der Waals surface area contributed by atoms with Gasteiger partial charge in [-0.15, -0.1) is 0 Å². The van der Waals surface area contributed by atoms with Gasteiger partial charge in [-0.1, -0.05) is 12.1 Å². The summed E-state index contributed by atoms with van der Waals surface area (Å²) < 4.78 is 78.8. The number of alkyl carbamates (subject to hydrolysis) is 1. The largest absolute Gasteiger partial charge is 0.459 e. The lowest BCUT2D eigenvalue weighted by Gasteiger charge is -2.31. The minimum Gasteiger partial charge on any atom is -0.459 e. The van der Waals surface area contributed by atoms with Crippen molar-refractivity contribution in [2.75, 3.05) is 13.1 Å². The molecule has 0 saturated carbocycles. The highest BCUT2D eigenvalue weighted by atomic mass is 19.4. The molecular weight excluding hydrogens is 511 g/mol. The number of likely N-dealkylation sites (tertiary alicyclic amines) is 1. The van der Waals surface area contributed by atoms with Crippen LogP contribution in [-0.2, 0) is 17.5 Å². The fourth-order valence-corrected chi connectivity index (χ4v) is 4.16. The summed E-state index contributed by atoms with van der Waals surface area (Å²) in [6.45, 7) is 4.84. The molecule has 0 spiro atoms. The second kappa shape index (κ2) is 9.92. The fraction of sp³-hybridized carbons (Fsp3) is 0.407. The predicted molar refractivity (Wildman–Crippen MR) is 130 cm³/mol. The third kappa shape index (κ3) is 6.43. The number of alkyl halides is 5. The Hall–Kier alpha value is -3.63. The molecule has 0 radical (unpaired) electrons. The third-order valence-electron chi connectivity index (χ3n) is 6.03. The molecule has 0 bridgehead atoms. The molecule has 1 fully saturated rings. The van der Waals surface area contributed by atoms with Crippen molar-refractivity contribution in [1.29, 1.82) is 0 Å². The second-order valence-corrected chi connectivity index (χ2v) is 10.2. The quantitative estimate of drug-likeness (QED) is 0.363. The van der Waals surface area contributed by atoms with E-state index in [0.29, 0.717) is 5.56 Å². The van der Waals surface area contributed by atoms with E-state index < -0.39 is 48.1 Å². The number of rotatable bonds is 4. The lowest BCUT2D eigenvalue weighted by Crippen LogP contribution is -2.42. The molecule has 1 saturated heterocycles. The second-order valence-electron chi connectivity index (χ2n) is 10.2. The number of halogens is 5. The lowest BCUT2D eigenvalue weighted by molar-refractivity contribution is -0.137. The Labute approximate surface area is 215 Å². The van der Waals surface area contributed by atoms with Gasteiger partial charge in [0, 0.05) is 42.4 Å². The Kier molecular flexibility index (Phi) is 7.15. The summed E-state index contributed by atoms with van der Waals surface area (Å²) >= 11 is 0. The van der Waals surface area contributed by atoms with Gasteiger partial charge in [-0.05, 0) is 56.7 Å².